The molecular formula is C22H26N4O3. The Balaban J connectivity index is 1.75. The monoisotopic (exact) mass is 394 g/mol. The van der Waals surface area contributed by atoms with Crippen LogP contribution < -0.4 is 10.1 Å². The van der Waals surface area contributed by atoms with Crippen LogP contribution in [0.2, 0.25) is 0 Å². The lowest BCUT2D eigenvalue weighted by molar-refractivity contribution is 0.0766. The molecule has 3 heterocycles. The number of nitrogens with zero attached hydrogens (tertiary/aromatic N) is 3. The minimum absolute atomic E-state index is 0.0706. The second-order valence-electron chi connectivity index (χ2n) is 7.53. The molecule has 1 aliphatic heterocycles. The first kappa shape index (κ1) is 19.3. The van der Waals surface area contributed by atoms with Gasteiger partial charge in [-0.25, -0.2) is 4.98 Å². The fourth-order valence-electron chi connectivity index (χ4n) is 3.91. The van der Waals surface area contributed by atoms with Crippen LogP contribution in [-0.4, -0.2) is 52.1 Å². The van der Waals surface area contributed by atoms with Crippen LogP contribution in [0, 0.1) is 13.8 Å². The Kier molecular flexibility index (Phi) is 5.15. The van der Waals surface area contributed by atoms with Gasteiger partial charge in [0.25, 0.3) is 5.91 Å². The molecule has 2 aromatic heterocycles. The number of pyridine rings is 1. The van der Waals surface area contributed by atoms with Crippen molar-refractivity contribution >= 4 is 17.2 Å². The molecule has 0 fully saturated rings. The third-order valence-corrected chi connectivity index (χ3v) is 5.33. The lowest BCUT2D eigenvalue weighted by Gasteiger charge is -2.29. The zero-order valence-electron chi connectivity index (χ0n) is 17.0. The van der Waals surface area contributed by atoms with Gasteiger partial charge in [0.1, 0.15) is 5.75 Å². The van der Waals surface area contributed by atoms with Gasteiger partial charge in [-0.05, 0) is 31.5 Å². The van der Waals surface area contributed by atoms with Gasteiger partial charge < -0.3 is 24.5 Å². The van der Waals surface area contributed by atoms with Crippen molar-refractivity contribution in [2.75, 3.05) is 32.1 Å². The summed E-state index contributed by atoms with van der Waals surface area (Å²) in [6.07, 6.45) is 4.53. The minimum atomic E-state index is -0.140. The van der Waals surface area contributed by atoms with Crippen LogP contribution in [0.5, 0.6) is 5.75 Å². The predicted molar refractivity (Wildman–Crippen MR) is 112 cm³/mol. The number of hydrogen-bond acceptors (Lipinski definition) is 5. The summed E-state index contributed by atoms with van der Waals surface area (Å²) >= 11 is 0. The van der Waals surface area contributed by atoms with Gasteiger partial charge in [0.2, 0.25) is 0 Å². The first-order valence-electron chi connectivity index (χ1n) is 9.82. The van der Waals surface area contributed by atoms with E-state index in [9.17, 15) is 4.79 Å². The zero-order valence-corrected chi connectivity index (χ0v) is 17.0. The van der Waals surface area contributed by atoms with Gasteiger partial charge in [0.05, 0.1) is 36.2 Å². The van der Waals surface area contributed by atoms with Crippen molar-refractivity contribution in [1.82, 2.24) is 14.3 Å². The number of nitrogens with one attached hydrogen (secondary N) is 1. The van der Waals surface area contributed by atoms with Crippen molar-refractivity contribution in [1.29, 1.82) is 0 Å². The molecule has 0 unspecified atom stereocenters. The maximum atomic E-state index is 12.8. The molecule has 1 aliphatic rings. The van der Waals surface area contributed by atoms with Gasteiger partial charge in [0, 0.05) is 38.0 Å². The summed E-state index contributed by atoms with van der Waals surface area (Å²) < 4.78 is 7.72. The molecule has 0 aliphatic carbocycles. The molecule has 0 radical (unpaired) electrons. The highest BCUT2D eigenvalue weighted by Crippen LogP contribution is 2.37. The molecule has 152 valence electrons. The average molecular weight is 394 g/mol. The average Bonchev–Trinajstić information content (AvgIpc) is 3.08. The molecule has 7 heteroatoms. The molecule has 0 saturated heterocycles. The third-order valence-electron chi connectivity index (χ3n) is 5.33. The van der Waals surface area contributed by atoms with E-state index in [1.807, 2.05) is 35.7 Å². The topological polar surface area (TPSA) is 79.1 Å². The van der Waals surface area contributed by atoms with E-state index in [1.54, 1.807) is 13.2 Å². The fraction of sp³-hybridized carbons (Fsp3) is 0.364. The highest BCUT2D eigenvalue weighted by Gasteiger charge is 2.25. The largest absolute Gasteiger partial charge is 0.493 e. The standard InChI is InChI=1S/C22H26N4O3/c1-14-5-4-6-19-20(14)17(7-10-29-19)24-18-11-16(22(28)25(3)8-9-27)13-26-12-15(2)23-21(18)26/h4-6,11-13,17,24,27H,7-10H2,1-3H3/t17-/m1/s1. The molecule has 3 aromatic rings. The number of amides is 1. The molecule has 0 saturated carbocycles. The van der Waals surface area contributed by atoms with E-state index in [2.05, 4.69) is 23.3 Å². The number of benzene rings is 1. The molecule has 7 nitrogen and oxygen atoms in total. The Morgan fingerprint density at radius 2 is 2.21 bits per heavy atom. The molecule has 1 atom stereocenters. The molecule has 2 N–H and O–H groups in total. The summed E-state index contributed by atoms with van der Waals surface area (Å²) in [5, 5.41) is 12.8. The van der Waals surface area contributed by atoms with E-state index in [0.29, 0.717) is 12.2 Å². The highest BCUT2D eigenvalue weighted by molar-refractivity contribution is 5.96. The van der Waals surface area contributed by atoms with Crippen LogP contribution in [0.25, 0.3) is 5.65 Å². The Bertz CT molecular complexity index is 1060. The molecule has 1 aromatic carbocycles. The van der Waals surface area contributed by atoms with Crippen LogP contribution in [-0.2, 0) is 0 Å². The number of imidazole rings is 1. The summed E-state index contributed by atoms with van der Waals surface area (Å²) in [6, 6.07) is 8.01. The number of hydrogen-bond donors (Lipinski definition) is 2. The van der Waals surface area contributed by atoms with Gasteiger partial charge in [-0.1, -0.05) is 12.1 Å². The molecule has 0 bridgehead atoms. The highest BCUT2D eigenvalue weighted by atomic mass is 16.5. The van der Waals surface area contributed by atoms with E-state index in [-0.39, 0.29) is 25.1 Å². The smallest absolute Gasteiger partial charge is 0.255 e. The van der Waals surface area contributed by atoms with E-state index < -0.39 is 0 Å². The van der Waals surface area contributed by atoms with Crippen LogP contribution in [0.15, 0.2) is 36.7 Å². The number of anilines is 1. The number of carbonyl (C=O) groups is 1. The Morgan fingerprint density at radius 3 is 3.00 bits per heavy atom. The minimum Gasteiger partial charge on any atom is -0.493 e. The molecule has 29 heavy (non-hydrogen) atoms. The Labute approximate surface area is 169 Å². The van der Waals surface area contributed by atoms with Crippen molar-refractivity contribution in [3.8, 4) is 5.75 Å². The molecule has 4 rings (SSSR count). The number of carbonyl (C=O) groups excluding carboxylic acids is 1. The normalized spacial score (nSPS) is 15.7. The van der Waals surface area contributed by atoms with Crippen LogP contribution in [0.1, 0.15) is 39.6 Å². The van der Waals surface area contributed by atoms with Crippen LogP contribution in [0.3, 0.4) is 0 Å². The summed E-state index contributed by atoms with van der Waals surface area (Å²) in [6.45, 7) is 4.87. The second-order valence-corrected chi connectivity index (χ2v) is 7.53. The van der Waals surface area contributed by atoms with Crippen molar-refractivity contribution in [2.45, 2.75) is 26.3 Å². The zero-order chi connectivity index (χ0) is 20.5. The number of aromatic nitrogens is 2. The van der Waals surface area contributed by atoms with Gasteiger partial charge in [0.15, 0.2) is 5.65 Å². The van der Waals surface area contributed by atoms with Gasteiger partial charge in [-0.15, -0.1) is 0 Å². The van der Waals surface area contributed by atoms with Crippen molar-refractivity contribution in [2.24, 2.45) is 0 Å². The van der Waals surface area contributed by atoms with Crippen LogP contribution in [0.4, 0.5) is 5.69 Å². The van der Waals surface area contributed by atoms with Crippen molar-refractivity contribution in [3.63, 3.8) is 0 Å². The van der Waals surface area contributed by atoms with Gasteiger partial charge >= 0.3 is 0 Å². The number of aryl methyl sites for hydroxylation is 2. The Hall–Kier alpha value is -3.06. The number of aliphatic hydroxyl groups is 1. The van der Waals surface area contributed by atoms with E-state index in [0.717, 1.165) is 34.8 Å². The number of likely N-dealkylation sites (N-methyl/N-ethyl adjacent to an activating group) is 1. The molecular weight excluding hydrogens is 368 g/mol. The second kappa shape index (κ2) is 7.75. The number of rotatable bonds is 5. The van der Waals surface area contributed by atoms with E-state index >= 15 is 0 Å². The number of aliphatic hydroxyl groups excluding tert-OH is 1. The number of fused-ring (bicyclic) bond motifs is 2. The lowest BCUT2D eigenvalue weighted by atomic mass is 9.95. The first-order valence-corrected chi connectivity index (χ1v) is 9.82. The van der Waals surface area contributed by atoms with E-state index in [1.165, 1.54) is 10.5 Å². The fourth-order valence-corrected chi connectivity index (χ4v) is 3.91. The van der Waals surface area contributed by atoms with E-state index in [4.69, 9.17) is 9.84 Å². The first-order chi connectivity index (χ1) is 14.0. The van der Waals surface area contributed by atoms with Crippen molar-refractivity contribution in [3.05, 3.63) is 59.0 Å². The maximum Gasteiger partial charge on any atom is 0.255 e. The summed E-state index contributed by atoms with van der Waals surface area (Å²) in [5.41, 5.74) is 5.34. The van der Waals surface area contributed by atoms with Crippen molar-refractivity contribution < 1.29 is 14.6 Å². The quantitative estimate of drug-likeness (QED) is 0.696. The predicted octanol–water partition coefficient (Wildman–Crippen LogP) is 2.95. The van der Waals surface area contributed by atoms with Crippen LogP contribution >= 0.6 is 0 Å². The molecule has 0 spiro atoms. The SMILES string of the molecule is Cc1cn2cc(C(=O)N(C)CCO)cc(N[C@@H]3CCOc4cccc(C)c43)c2n1. The third kappa shape index (κ3) is 3.65. The summed E-state index contributed by atoms with van der Waals surface area (Å²) in [7, 11) is 1.69. The molecule has 1 amide bonds. The summed E-state index contributed by atoms with van der Waals surface area (Å²) in [4.78, 5) is 19.0. The number of ether oxygens (including phenoxy) is 1. The van der Waals surface area contributed by atoms with Gasteiger partial charge in [-0.2, -0.15) is 0 Å². The Morgan fingerprint density at radius 1 is 1.38 bits per heavy atom. The van der Waals surface area contributed by atoms with Gasteiger partial charge in [-0.3, -0.25) is 4.79 Å². The maximum absolute atomic E-state index is 12.8. The summed E-state index contributed by atoms with van der Waals surface area (Å²) in [5.74, 6) is 0.762. The lowest BCUT2D eigenvalue weighted by Crippen LogP contribution is -2.30.